The van der Waals surface area contributed by atoms with E-state index >= 15 is 0 Å². The van der Waals surface area contributed by atoms with E-state index in [0.717, 1.165) is 30.6 Å². The molecule has 2 aliphatic heterocycles. The van der Waals surface area contributed by atoms with E-state index in [-0.39, 0.29) is 11.7 Å². The molecule has 0 saturated carbocycles. The number of nitrogens with zero attached hydrogens (tertiary/aromatic N) is 2. The van der Waals surface area contributed by atoms with E-state index < -0.39 is 0 Å². The van der Waals surface area contributed by atoms with Crippen LogP contribution in [0.1, 0.15) is 34.3 Å². The van der Waals surface area contributed by atoms with Gasteiger partial charge in [-0.05, 0) is 24.1 Å². The van der Waals surface area contributed by atoms with Gasteiger partial charge in [0.1, 0.15) is 5.78 Å². The van der Waals surface area contributed by atoms with Gasteiger partial charge in [0.15, 0.2) is 0 Å². The minimum atomic E-state index is 0.0266. The fraction of sp³-hybridized carbons (Fsp3) is 0.500. The number of rotatable bonds is 1. The molecule has 1 amide bonds. The van der Waals surface area contributed by atoms with E-state index in [1.807, 2.05) is 6.20 Å². The molecule has 0 spiro atoms. The van der Waals surface area contributed by atoms with Crippen molar-refractivity contribution >= 4 is 11.7 Å². The van der Waals surface area contributed by atoms with Crippen LogP contribution in [0, 0.1) is 0 Å². The number of likely N-dealkylation sites (tertiary alicyclic amines) is 1. The summed E-state index contributed by atoms with van der Waals surface area (Å²) in [4.78, 5) is 29.7. The van der Waals surface area contributed by atoms with Crippen molar-refractivity contribution in [3.63, 3.8) is 0 Å². The average Bonchev–Trinajstić information content (AvgIpc) is 2.47. The molecule has 0 unspecified atom stereocenters. The smallest absolute Gasteiger partial charge is 0.255 e. The van der Waals surface area contributed by atoms with E-state index in [2.05, 4.69) is 10.3 Å². The quantitative estimate of drug-likeness (QED) is 0.799. The maximum absolute atomic E-state index is 12.5. The summed E-state index contributed by atoms with van der Waals surface area (Å²) in [6, 6.07) is 0. The van der Waals surface area contributed by atoms with Crippen molar-refractivity contribution in [2.75, 3.05) is 19.6 Å². The number of pyridine rings is 1. The minimum absolute atomic E-state index is 0.0266. The molecular formula is C14H17N3O2. The van der Waals surface area contributed by atoms with E-state index in [4.69, 9.17) is 0 Å². The van der Waals surface area contributed by atoms with Crippen LogP contribution < -0.4 is 5.32 Å². The zero-order chi connectivity index (χ0) is 13.2. The number of aromatic nitrogens is 1. The van der Waals surface area contributed by atoms with Crippen molar-refractivity contribution in [2.45, 2.75) is 25.8 Å². The summed E-state index contributed by atoms with van der Waals surface area (Å²) in [5.41, 5.74) is 2.95. The van der Waals surface area contributed by atoms with Crippen LogP contribution in [0.25, 0.3) is 0 Å². The zero-order valence-electron chi connectivity index (χ0n) is 10.8. The number of fused-ring (bicyclic) bond motifs is 1. The van der Waals surface area contributed by atoms with Crippen LogP contribution in [-0.4, -0.2) is 41.2 Å². The first-order chi connectivity index (χ1) is 9.25. The van der Waals surface area contributed by atoms with Gasteiger partial charge in [0, 0.05) is 44.9 Å². The van der Waals surface area contributed by atoms with Crippen molar-refractivity contribution < 1.29 is 9.59 Å². The molecule has 0 aliphatic carbocycles. The summed E-state index contributed by atoms with van der Waals surface area (Å²) in [6.45, 7) is 2.76. The van der Waals surface area contributed by atoms with Gasteiger partial charge in [0.25, 0.3) is 5.91 Å². The third-order valence-corrected chi connectivity index (χ3v) is 3.85. The summed E-state index contributed by atoms with van der Waals surface area (Å²) in [5, 5.41) is 3.28. The molecule has 100 valence electrons. The number of hydrogen-bond acceptors (Lipinski definition) is 4. The van der Waals surface area contributed by atoms with Crippen molar-refractivity contribution in [1.29, 1.82) is 0 Å². The van der Waals surface area contributed by atoms with Crippen LogP contribution in [0.4, 0.5) is 0 Å². The van der Waals surface area contributed by atoms with Crippen molar-refractivity contribution in [2.24, 2.45) is 0 Å². The standard InChI is InChI=1S/C14H17N3O2/c18-11-2-5-17(6-3-11)14(19)13-9-16-8-10-7-15-4-1-12(10)13/h8-9,15H,1-7H2. The number of carbonyl (C=O) groups is 2. The number of amides is 1. The second-order valence-electron chi connectivity index (χ2n) is 5.08. The molecule has 0 atom stereocenters. The lowest BCUT2D eigenvalue weighted by molar-refractivity contribution is -0.120. The van der Waals surface area contributed by atoms with Gasteiger partial charge in [-0.15, -0.1) is 0 Å². The molecule has 5 heteroatoms. The Morgan fingerprint density at radius 3 is 2.79 bits per heavy atom. The highest BCUT2D eigenvalue weighted by atomic mass is 16.2. The minimum Gasteiger partial charge on any atom is -0.338 e. The molecule has 0 radical (unpaired) electrons. The highest BCUT2D eigenvalue weighted by molar-refractivity contribution is 5.96. The van der Waals surface area contributed by atoms with Gasteiger partial charge in [-0.1, -0.05) is 0 Å². The Morgan fingerprint density at radius 2 is 2.00 bits per heavy atom. The lowest BCUT2D eigenvalue weighted by Gasteiger charge is -2.28. The summed E-state index contributed by atoms with van der Waals surface area (Å²) >= 11 is 0. The topological polar surface area (TPSA) is 62.3 Å². The first kappa shape index (κ1) is 12.3. The maximum Gasteiger partial charge on any atom is 0.255 e. The van der Waals surface area contributed by atoms with Gasteiger partial charge in [-0.25, -0.2) is 0 Å². The highest BCUT2D eigenvalue weighted by Crippen LogP contribution is 2.20. The number of Topliss-reactive ketones (excluding diaryl/α,β-unsaturated/α-hetero) is 1. The van der Waals surface area contributed by atoms with Crippen LogP contribution in [-0.2, 0) is 17.8 Å². The largest absolute Gasteiger partial charge is 0.338 e. The lowest BCUT2D eigenvalue weighted by Crippen LogP contribution is -2.39. The van der Waals surface area contributed by atoms with Crippen LogP contribution in [0.3, 0.4) is 0 Å². The highest BCUT2D eigenvalue weighted by Gasteiger charge is 2.25. The summed E-state index contributed by atoms with van der Waals surface area (Å²) in [6.07, 6.45) is 5.33. The van der Waals surface area contributed by atoms with Crippen LogP contribution in [0.15, 0.2) is 12.4 Å². The lowest BCUT2D eigenvalue weighted by atomic mass is 9.97. The summed E-state index contributed by atoms with van der Waals surface area (Å²) in [5.74, 6) is 0.278. The third-order valence-electron chi connectivity index (χ3n) is 3.85. The van der Waals surface area contributed by atoms with Crippen LogP contribution >= 0.6 is 0 Å². The number of nitrogens with one attached hydrogen (secondary N) is 1. The Morgan fingerprint density at radius 1 is 1.21 bits per heavy atom. The normalized spacial score (nSPS) is 19.2. The number of hydrogen-bond donors (Lipinski definition) is 1. The van der Waals surface area contributed by atoms with Gasteiger partial charge >= 0.3 is 0 Å². The van der Waals surface area contributed by atoms with E-state index in [9.17, 15) is 9.59 Å². The third kappa shape index (κ3) is 2.38. The SMILES string of the molecule is O=C1CCN(C(=O)c2cncc3c2CCNC3)CC1. The van der Waals surface area contributed by atoms with E-state index in [0.29, 0.717) is 31.5 Å². The molecule has 5 nitrogen and oxygen atoms in total. The van der Waals surface area contributed by atoms with E-state index in [1.54, 1.807) is 11.1 Å². The number of piperidine rings is 1. The Labute approximate surface area is 112 Å². The predicted octanol–water partition coefficient (Wildman–Crippen LogP) is 0.532. The summed E-state index contributed by atoms with van der Waals surface area (Å²) in [7, 11) is 0. The molecule has 1 N–H and O–H groups in total. The van der Waals surface area contributed by atoms with Gasteiger partial charge in [-0.3, -0.25) is 14.6 Å². The first-order valence-corrected chi connectivity index (χ1v) is 6.73. The number of carbonyl (C=O) groups excluding carboxylic acids is 2. The maximum atomic E-state index is 12.5. The molecule has 1 aromatic rings. The molecule has 2 aliphatic rings. The fourth-order valence-corrected chi connectivity index (χ4v) is 2.73. The molecule has 0 aromatic carbocycles. The Kier molecular flexibility index (Phi) is 3.29. The fourth-order valence-electron chi connectivity index (χ4n) is 2.73. The van der Waals surface area contributed by atoms with Crippen molar-refractivity contribution in [3.05, 3.63) is 29.1 Å². The Bertz CT molecular complexity index is 517. The van der Waals surface area contributed by atoms with Gasteiger partial charge in [-0.2, -0.15) is 0 Å². The summed E-state index contributed by atoms with van der Waals surface area (Å²) < 4.78 is 0. The van der Waals surface area contributed by atoms with Crippen molar-refractivity contribution in [3.8, 4) is 0 Å². The molecule has 1 aromatic heterocycles. The van der Waals surface area contributed by atoms with Crippen molar-refractivity contribution in [1.82, 2.24) is 15.2 Å². The van der Waals surface area contributed by atoms with E-state index in [1.165, 1.54) is 0 Å². The Hall–Kier alpha value is -1.75. The molecule has 1 saturated heterocycles. The van der Waals surface area contributed by atoms with Crippen LogP contribution in [0.5, 0.6) is 0 Å². The molecule has 3 rings (SSSR count). The molecular weight excluding hydrogens is 242 g/mol. The molecule has 1 fully saturated rings. The predicted molar refractivity (Wildman–Crippen MR) is 69.8 cm³/mol. The zero-order valence-corrected chi connectivity index (χ0v) is 10.8. The average molecular weight is 259 g/mol. The number of ketones is 1. The van der Waals surface area contributed by atoms with Gasteiger partial charge < -0.3 is 10.2 Å². The molecule has 3 heterocycles. The van der Waals surface area contributed by atoms with Gasteiger partial charge in [0.2, 0.25) is 0 Å². The second kappa shape index (κ2) is 5.09. The monoisotopic (exact) mass is 259 g/mol. The first-order valence-electron chi connectivity index (χ1n) is 6.73. The molecule has 19 heavy (non-hydrogen) atoms. The van der Waals surface area contributed by atoms with Crippen LogP contribution in [0.2, 0.25) is 0 Å². The molecule has 0 bridgehead atoms. The van der Waals surface area contributed by atoms with Gasteiger partial charge in [0.05, 0.1) is 5.56 Å². The second-order valence-corrected chi connectivity index (χ2v) is 5.08. The Balaban J connectivity index is 1.85.